The minimum atomic E-state index is -3.48. The van der Waals surface area contributed by atoms with Crippen LogP contribution in [0.15, 0.2) is 18.2 Å². The molecule has 0 atom stereocenters. The lowest BCUT2D eigenvalue weighted by molar-refractivity contribution is 0.598. The van der Waals surface area contributed by atoms with Crippen molar-refractivity contribution in [3.8, 4) is 0 Å². The number of hydrazine groups is 1. The van der Waals surface area contributed by atoms with Crippen LogP contribution in [0.2, 0.25) is 10.0 Å². The molecule has 1 aromatic carbocycles. The second-order valence-corrected chi connectivity index (χ2v) is 5.33. The predicted molar refractivity (Wildman–Crippen MR) is 58.0 cm³/mol. The van der Waals surface area contributed by atoms with Crippen LogP contribution in [0.4, 0.5) is 5.69 Å². The molecule has 7 heteroatoms. The Bertz CT molecular complexity index is 447. The predicted octanol–water partition coefficient (Wildman–Crippen LogP) is 1.63. The molecule has 4 nitrogen and oxygen atoms in total. The highest BCUT2D eigenvalue weighted by Crippen LogP contribution is 2.26. The van der Waals surface area contributed by atoms with E-state index in [1.54, 1.807) is 0 Å². The molecular formula is C7H8Cl2N2O2S. The monoisotopic (exact) mass is 254 g/mol. The average molecular weight is 255 g/mol. The highest BCUT2D eigenvalue weighted by molar-refractivity contribution is 7.92. The molecule has 1 rings (SSSR count). The molecule has 2 N–H and O–H groups in total. The zero-order chi connectivity index (χ0) is 10.9. The van der Waals surface area contributed by atoms with Crippen LogP contribution in [0.5, 0.6) is 0 Å². The number of halogens is 2. The van der Waals surface area contributed by atoms with Crippen LogP contribution < -0.4 is 10.3 Å². The Balaban J connectivity index is 3.16. The van der Waals surface area contributed by atoms with Gasteiger partial charge in [0, 0.05) is 0 Å². The number of rotatable bonds is 2. The first-order chi connectivity index (χ1) is 6.32. The maximum atomic E-state index is 11.1. The molecule has 0 spiro atoms. The van der Waals surface area contributed by atoms with Gasteiger partial charge in [-0.05, 0) is 18.2 Å². The summed E-state index contributed by atoms with van der Waals surface area (Å²) in [6.45, 7) is 0. The van der Waals surface area contributed by atoms with Crippen molar-refractivity contribution in [2.24, 2.45) is 5.84 Å². The Morgan fingerprint density at radius 2 is 1.86 bits per heavy atom. The Kier molecular flexibility index (Phi) is 3.26. The summed E-state index contributed by atoms with van der Waals surface area (Å²) < 4.78 is 22.7. The van der Waals surface area contributed by atoms with Crippen LogP contribution in [0.3, 0.4) is 0 Å². The number of hydrogen-bond donors (Lipinski definition) is 1. The van der Waals surface area contributed by atoms with Crippen molar-refractivity contribution < 1.29 is 8.42 Å². The van der Waals surface area contributed by atoms with Gasteiger partial charge in [0.05, 0.1) is 22.0 Å². The molecule has 0 unspecified atom stereocenters. The van der Waals surface area contributed by atoms with Crippen molar-refractivity contribution in [2.75, 3.05) is 10.7 Å². The standard InChI is InChI=1S/C7H8Cl2N2O2S/c1-14(12,13)11(10)5-2-3-6(8)7(9)4-5/h2-4H,10H2,1H3. The van der Waals surface area contributed by atoms with Gasteiger partial charge in [0.25, 0.3) is 0 Å². The van der Waals surface area contributed by atoms with Crippen molar-refractivity contribution in [2.45, 2.75) is 0 Å². The van der Waals surface area contributed by atoms with Gasteiger partial charge in [-0.1, -0.05) is 23.2 Å². The molecule has 0 radical (unpaired) electrons. The summed E-state index contributed by atoms with van der Waals surface area (Å²) in [6.07, 6.45) is 0.996. The largest absolute Gasteiger partial charge is 0.245 e. The first-order valence-electron chi connectivity index (χ1n) is 3.52. The van der Waals surface area contributed by atoms with E-state index in [0.29, 0.717) is 9.44 Å². The fourth-order valence-corrected chi connectivity index (χ4v) is 1.60. The summed E-state index contributed by atoms with van der Waals surface area (Å²) in [6, 6.07) is 4.32. The van der Waals surface area contributed by atoms with E-state index in [1.165, 1.54) is 18.2 Å². The highest BCUT2D eigenvalue weighted by Gasteiger charge is 2.13. The smallest absolute Gasteiger partial charge is 0.233 e. The minimum Gasteiger partial charge on any atom is -0.233 e. The molecular weight excluding hydrogens is 247 g/mol. The fourth-order valence-electron chi connectivity index (χ4n) is 0.814. The van der Waals surface area contributed by atoms with Gasteiger partial charge in [-0.3, -0.25) is 0 Å². The second-order valence-electron chi connectivity index (χ2n) is 2.66. The molecule has 0 aromatic heterocycles. The molecule has 14 heavy (non-hydrogen) atoms. The SMILES string of the molecule is CS(=O)(=O)N(N)c1ccc(Cl)c(Cl)c1. The molecule has 0 aliphatic carbocycles. The third-order valence-electron chi connectivity index (χ3n) is 1.51. The summed E-state index contributed by atoms with van der Waals surface area (Å²) in [5, 5.41) is 0.598. The van der Waals surface area contributed by atoms with E-state index in [2.05, 4.69) is 0 Å². The normalized spacial score (nSPS) is 11.4. The topological polar surface area (TPSA) is 63.4 Å². The molecule has 78 valence electrons. The number of nitrogens with two attached hydrogens (primary N) is 1. The summed E-state index contributed by atoms with van der Waals surface area (Å²) in [5.74, 6) is 5.33. The molecule has 1 aromatic rings. The first kappa shape index (κ1) is 11.6. The van der Waals surface area contributed by atoms with Gasteiger partial charge in [0.15, 0.2) is 0 Å². The van der Waals surface area contributed by atoms with Crippen LogP contribution in [0.1, 0.15) is 0 Å². The second kappa shape index (κ2) is 3.94. The summed E-state index contributed by atoms with van der Waals surface area (Å²) in [5.41, 5.74) is 0.266. The Morgan fingerprint density at radius 1 is 1.29 bits per heavy atom. The van der Waals surface area contributed by atoms with Gasteiger partial charge in [-0.25, -0.2) is 18.7 Å². The lowest BCUT2D eigenvalue weighted by atomic mass is 10.3. The number of nitrogens with zero attached hydrogens (tertiary/aromatic N) is 1. The molecule has 0 aliphatic heterocycles. The third kappa shape index (κ3) is 2.51. The van der Waals surface area contributed by atoms with Gasteiger partial charge in [0.2, 0.25) is 10.0 Å². The van der Waals surface area contributed by atoms with Gasteiger partial charge < -0.3 is 0 Å². The number of sulfonamides is 1. The number of benzene rings is 1. The van der Waals surface area contributed by atoms with Gasteiger partial charge in [0.1, 0.15) is 0 Å². The molecule has 0 amide bonds. The molecule has 0 aliphatic rings. The zero-order valence-corrected chi connectivity index (χ0v) is 9.57. The van der Waals surface area contributed by atoms with E-state index in [-0.39, 0.29) is 10.7 Å². The van der Waals surface area contributed by atoms with Gasteiger partial charge in [-0.2, -0.15) is 0 Å². The van der Waals surface area contributed by atoms with E-state index in [4.69, 9.17) is 29.0 Å². The average Bonchev–Trinajstić information content (AvgIpc) is 2.07. The molecule has 0 bridgehead atoms. The molecule has 0 heterocycles. The van der Waals surface area contributed by atoms with Crippen molar-refractivity contribution in [1.82, 2.24) is 0 Å². The van der Waals surface area contributed by atoms with E-state index in [9.17, 15) is 8.42 Å². The van der Waals surface area contributed by atoms with Gasteiger partial charge >= 0.3 is 0 Å². The van der Waals surface area contributed by atoms with Crippen molar-refractivity contribution in [3.05, 3.63) is 28.2 Å². The van der Waals surface area contributed by atoms with Gasteiger partial charge in [-0.15, -0.1) is 0 Å². The van der Waals surface area contributed by atoms with Crippen LogP contribution in [-0.2, 0) is 10.0 Å². The summed E-state index contributed by atoms with van der Waals surface area (Å²) in [4.78, 5) is 0. The fraction of sp³-hybridized carbons (Fsp3) is 0.143. The maximum absolute atomic E-state index is 11.1. The van der Waals surface area contributed by atoms with Crippen molar-refractivity contribution in [3.63, 3.8) is 0 Å². The van der Waals surface area contributed by atoms with E-state index < -0.39 is 10.0 Å². The Labute approximate surface area is 92.2 Å². The maximum Gasteiger partial charge on any atom is 0.245 e. The van der Waals surface area contributed by atoms with E-state index in [0.717, 1.165) is 6.26 Å². The van der Waals surface area contributed by atoms with Crippen LogP contribution in [0.25, 0.3) is 0 Å². The Morgan fingerprint density at radius 3 is 2.29 bits per heavy atom. The minimum absolute atomic E-state index is 0.253. The van der Waals surface area contributed by atoms with Crippen LogP contribution in [-0.4, -0.2) is 14.7 Å². The van der Waals surface area contributed by atoms with Crippen molar-refractivity contribution in [1.29, 1.82) is 0 Å². The molecule has 0 saturated heterocycles. The lowest BCUT2D eigenvalue weighted by Crippen LogP contribution is -2.36. The summed E-state index contributed by atoms with van der Waals surface area (Å²) in [7, 11) is -3.48. The lowest BCUT2D eigenvalue weighted by Gasteiger charge is -2.15. The molecule has 0 fully saturated rings. The third-order valence-corrected chi connectivity index (χ3v) is 3.18. The Hall–Kier alpha value is -0.490. The summed E-state index contributed by atoms with van der Waals surface area (Å²) >= 11 is 11.4. The quantitative estimate of drug-likeness (QED) is 0.645. The van der Waals surface area contributed by atoms with Crippen LogP contribution in [0, 0.1) is 0 Å². The number of hydrogen-bond acceptors (Lipinski definition) is 3. The van der Waals surface area contributed by atoms with Crippen LogP contribution >= 0.6 is 23.2 Å². The molecule has 0 saturated carbocycles. The van der Waals surface area contributed by atoms with Crippen molar-refractivity contribution >= 4 is 38.9 Å². The van der Waals surface area contributed by atoms with E-state index in [1.807, 2.05) is 0 Å². The zero-order valence-electron chi connectivity index (χ0n) is 7.24. The number of anilines is 1. The first-order valence-corrected chi connectivity index (χ1v) is 6.13. The van der Waals surface area contributed by atoms with E-state index >= 15 is 0 Å². The highest BCUT2D eigenvalue weighted by atomic mass is 35.5.